The van der Waals surface area contributed by atoms with Crippen LogP contribution in [0.1, 0.15) is 41.1 Å². The number of carbonyl (C=O) groups excluding carboxylic acids is 1. The molecule has 1 aliphatic carbocycles. The van der Waals surface area contributed by atoms with Crippen LogP contribution in [0.3, 0.4) is 0 Å². The third-order valence-corrected chi connectivity index (χ3v) is 4.75. The van der Waals surface area contributed by atoms with Gasteiger partial charge in [0.2, 0.25) is 0 Å². The van der Waals surface area contributed by atoms with Crippen LogP contribution in [0.2, 0.25) is 0 Å². The van der Waals surface area contributed by atoms with Gasteiger partial charge in [0.05, 0.1) is 5.57 Å². The Labute approximate surface area is 144 Å². The average Bonchev–Trinajstić information content (AvgIpc) is 2.49. The maximum atomic E-state index is 12.7. The molecule has 0 radical (unpaired) electrons. The van der Waals surface area contributed by atoms with E-state index in [0.717, 1.165) is 26.9 Å². The minimum Gasteiger partial charge on any atom is -0.512 e. The summed E-state index contributed by atoms with van der Waals surface area (Å²) in [5.74, 6) is 0.104. The normalized spacial score (nSPS) is 18.4. The van der Waals surface area contributed by atoms with Crippen molar-refractivity contribution in [1.82, 2.24) is 4.98 Å². The van der Waals surface area contributed by atoms with Crippen LogP contribution in [0.4, 0.5) is 0 Å². The highest BCUT2D eigenvalue weighted by molar-refractivity contribution is 9.10. The molecule has 1 atom stereocenters. The van der Waals surface area contributed by atoms with Crippen LogP contribution in [0.5, 0.6) is 0 Å². The van der Waals surface area contributed by atoms with Gasteiger partial charge in [-0.3, -0.25) is 9.78 Å². The maximum Gasteiger partial charge on any atom is 0.167 e. The number of aromatic nitrogens is 1. The number of Topliss-reactive ketones (excluding diaryl/α,β-unsaturated/α-hetero) is 1. The van der Waals surface area contributed by atoms with E-state index < -0.39 is 0 Å². The van der Waals surface area contributed by atoms with E-state index in [-0.39, 0.29) is 17.5 Å². The van der Waals surface area contributed by atoms with E-state index in [2.05, 4.69) is 20.9 Å². The molecule has 3 rings (SSSR count). The number of aliphatic hydroxyl groups is 1. The largest absolute Gasteiger partial charge is 0.512 e. The third-order valence-electron chi connectivity index (χ3n) is 4.29. The highest BCUT2D eigenvalue weighted by Crippen LogP contribution is 2.39. The minimum absolute atomic E-state index is 0.0158. The van der Waals surface area contributed by atoms with Gasteiger partial charge in [0.1, 0.15) is 5.76 Å². The number of halogens is 1. The van der Waals surface area contributed by atoms with Gasteiger partial charge < -0.3 is 5.11 Å². The standard InChI is InChI=1S/C19H18BrNO2/c1-11-7-14(20)8-12(2)18(11)19-16(22)9-13(10-17(19)23)15-5-3-4-6-21-15/h3-8,13,22H,9-10H2,1-2H3. The Balaban J connectivity index is 2.03. The molecule has 118 valence electrons. The molecule has 1 aromatic heterocycles. The Morgan fingerprint density at radius 1 is 1.17 bits per heavy atom. The van der Waals surface area contributed by atoms with E-state index in [4.69, 9.17) is 0 Å². The number of hydrogen-bond acceptors (Lipinski definition) is 3. The highest BCUT2D eigenvalue weighted by atomic mass is 79.9. The van der Waals surface area contributed by atoms with Gasteiger partial charge in [-0.15, -0.1) is 0 Å². The molecule has 1 aliphatic rings. The van der Waals surface area contributed by atoms with Crippen molar-refractivity contribution in [3.8, 4) is 0 Å². The van der Waals surface area contributed by atoms with E-state index in [0.29, 0.717) is 18.4 Å². The molecule has 0 saturated carbocycles. The fourth-order valence-corrected chi connectivity index (χ4v) is 4.00. The smallest absolute Gasteiger partial charge is 0.167 e. The van der Waals surface area contributed by atoms with Gasteiger partial charge in [0.15, 0.2) is 5.78 Å². The molecule has 1 N–H and O–H groups in total. The van der Waals surface area contributed by atoms with Crippen LogP contribution < -0.4 is 0 Å². The van der Waals surface area contributed by atoms with Gasteiger partial charge in [-0.05, 0) is 54.8 Å². The first-order valence-electron chi connectivity index (χ1n) is 7.60. The average molecular weight is 372 g/mol. The molecule has 3 nitrogen and oxygen atoms in total. The number of rotatable bonds is 2. The summed E-state index contributed by atoms with van der Waals surface area (Å²) < 4.78 is 0.978. The minimum atomic E-state index is -0.0523. The first kappa shape index (κ1) is 15.9. The number of aryl methyl sites for hydroxylation is 2. The second-order valence-electron chi connectivity index (χ2n) is 6.02. The lowest BCUT2D eigenvalue weighted by Crippen LogP contribution is -2.19. The number of allylic oxidation sites excluding steroid dienone is 2. The molecule has 1 heterocycles. The van der Waals surface area contributed by atoms with Crippen molar-refractivity contribution in [3.05, 3.63) is 69.1 Å². The predicted molar refractivity (Wildman–Crippen MR) is 94.4 cm³/mol. The molecule has 0 saturated heterocycles. The zero-order valence-corrected chi connectivity index (χ0v) is 14.7. The molecule has 2 aromatic rings. The van der Waals surface area contributed by atoms with Gasteiger partial charge in [-0.25, -0.2) is 0 Å². The zero-order chi connectivity index (χ0) is 16.6. The topological polar surface area (TPSA) is 50.2 Å². The Morgan fingerprint density at radius 2 is 1.87 bits per heavy atom. The van der Waals surface area contributed by atoms with E-state index in [9.17, 15) is 9.90 Å². The lowest BCUT2D eigenvalue weighted by Gasteiger charge is -2.25. The number of hydrogen-bond donors (Lipinski definition) is 1. The molecule has 0 spiro atoms. The maximum absolute atomic E-state index is 12.7. The number of aliphatic hydroxyl groups excluding tert-OH is 1. The SMILES string of the molecule is Cc1cc(Br)cc(C)c1C1=C(O)CC(c2ccccn2)CC1=O. The Hall–Kier alpha value is -1.94. The van der Waals surface area contributed by atoms with Crippen molar-refractivity contribution < 1.29 is 9.90 Å². The monoisotopic (exact) mass is 371 g/mol. The van der Waals surface area contributed by atoms with Gasteiger partial charge in [0, 0.05) is 35.1 Å². The molecule has 0 aliphatic heterocycles. The fourth-order valence-electron chi connectivity index (χ4n) is 3.31. The fraction of sp³-hybridized carbons (Fsp3) is 0.263. The molecular formula is C19H18BrNO2. The first-order valence-corrected chi connectivity index (χ1v) is 8.40. The van der Waals surface area contributed by atoms with E-state index in [1.807, 2.05) is 44.2 Å². The summed E-state index contributed by atoms with van der Waals surface area (Å²) >= 11 is 3.47. The quantitative estimate of drug-likeness (QED) is 0.818. The van der Waals surface area contributed by atoms with Crippen molar-refractivity contribution in [1.29, 1.82) is 0 Å². The Kier molecular flexibility index (Phi) is 4.35. The second kappa shape index (κ2) is 6.28. The van der Waals surface area contributed by atoms with Gasteiger partial charge in [-0.1, -0.05) is 22.0 Å². The van der Waals surface area contributed by atoms with Crippen molar-refractivity contribution >= 4 is 27.3 Å². The van der Waals surface area contributed by atoms with Crippen molar-refractivity contribution in [2.75, 3.05) is 0 Å². The molecular weight excluding hydrogens is 354 g/mol. The number of benzene rings is 1. The van der Waals surface area contributed by atoms with Crippen LogP contribution in [-0.4, -0.2) is 15.9 Å². The summed E-state index contributed by atoms with van der Waals surface area (Å²) in [6, 6.07) is 9.61. The molecule has 0 amide bonds. The van der Waals surface area contributed by atoms with Gasteiger partial charge in [0.25, 0.3) is 0 Å². The predicted octanol–water partition coefficient (Wildman–Crippen LogP) is 4.88. The number of nitrogens with zero attached hydrogens (tertiary/aromatic N) is 1. The summed E-state index contributed by atoms with van der Waals surface area (Å²) in [4.78, 5) is 17.0. The molecule has 4 heteroatoms. The first-order chi connectivity index (χ1) is 11.0. The molecule has 0 bridgehead atoms. The van der Waals surface area contributed by atoms with Crippen LogP contribution >= 0.6 is 15.9 Å². The Morgan fingerprint density at radius 3 is 2.43 bits per heavy atom. The summed E-state index contributed by atoms with van der Waals surface area (Å²) in [5, 5.41) is 10.6. The van der Waals surface area contributed by atoms with Crippen LogP contribution in [0.25, 0.3) is 5.57 Å². The van der Waals surface area contributed by atoms with Gasteiger partial charge >= 0.3 is 0 Å². The molecule has 1 unspecified atom stereocenters. The van der Waals surface area contributed by atoms with Crippen LogP contribution in [0, 0.1) is 13.8 Å². The molecule has 0 fully saturated rings. The zero-order valence-electron chi connectivity index (χ0n) is 13.1. The van der Waals surface area contributed by atoms with Crippen LogP contribution in [0.15, 0.2) is 46.8 Å². The summed E-state index contributed by atoms with van der Waals surface area (Å²) in [6.45, 7) is 3.93. The summed E-state index contributed by atoms with van der Waals surface area (Å²) in [5.41, 5.74) is 4.16. The molecule has 1 aromatic carbocycles. The third kappa shape index (κ3) is 3.08. The second-order valence-corrected chi connectivity index (χ2v) is 6.93. The van der Waals surface area contributed by atoms with E-state index in [1.165, 1.54) is 0 Å². The van der Waals surface area contributed by atoms with Crippen molar-refractivity contribution in [2.45, 2.75) is 32.6 Å². The lowest BCUT2D eigenvalue weighted by molar-refractivity contribution is -0.114. The van der Waals surface area contributed by atoms with E-state index in [1.54, 1.807) is 6.20 Å². The van der Waals surface area contributed by atoms with Crippen molar-refractivity contribution in [2.24, 2.45) is 0 Å². The van der Waals surface area contributed by atoms with E-state index >= 15 is 0 Å². The van der Waals surface area contributed by atoms with Crippen molar-refractivity contribution in [3.63, 3.8) is 0 Å². The lowest BCUT2D eigenvalue weighted by atomic mass is 9.80. The molecule has 23 heavy (non-hydrogen) atoms. The number of pyridine rings is 1. The number of ketones is 1. The van der Waals surface area contributed by atoms with Gasteiger partial charge in [-0.2, -0.15) is 0 Å². The summed E-state index contributed by atoms with van der Waals surface area (Å²) in [6.07, 6.45) is 2.55. The Bertz CT molecular complexity index is 773. The summed E-state index contributed by atoms with van der Waals surface area (Å²) in [7, 11) is 0. The number of carbonyl (C=O) groups is 1. The van der Waals surface area contributed by atoms with Crippen LogP contribution in [-0.2, 0) is 4.79 Å². The highest BCUT2D eigenvalue weighted by Gasteiger charge is 2.31.